The molecule has 0 aliphatic heterocycles. The van der Waals surface area contributed by atoms with E-state index < -0.39 is 0 Å². The van der Waals surface area contributed by atoms with E-state index in [0.717, 1.165) is 26.8 Å². The van der Waals surface area contributed by atoms with Gasteiger partial charge < -0.3 is 5.73 Å². The van der Waals surface area contributed by atoms with E-state index in [1.807, 2.05) is 36.4 Å². The molecule has 4 rings (SSSR count). The number of hydrogen-bond donors (Lipinski definition) is 1. The van der Waals surface area contributed by atoms with Crippen molar-refractivity contribution >= 4 is 27.7 Å². The predicted molar refractivity (Wildman–Crippen MR) is 101 cm³/mol. The van der Waals surface area contributed by atoms with E-state index in [2.05, 4.69) is 35.7 Å². The van der Waals surface area contributed by atoms with E-state index >= 15 is 0 Å². The summed E-state index contributed by atoms with van der Waals surface area (Å²) in [6.45, 7) is 0. The molecule has 2 N–H and O–H groups in total. The number of anilines is 1. The van der Waals surface area contributed by atoms with E-state index in [1.165, 1.54) is 10.4 Å². The van der Waals surface area contributed by atoms with Crippen LogP contribution in [0.3, 0.4) is 0 Å². The normalized spacial score (nSPS) is 10.8. The highest BCUT2D eigenvalue weighted by Gasteiger charge is 2.15. The van der Waals surface area contributed by atoms with Crippen LogP contribution in [0.15, 0.2) is 72.1 Å². The van der Waals surface area contributed by atoms with Crippen molar-refractivity contribution in [2.24, 2.45) is 0 Å². The molecule has 4 aromatic rings. The van der Waals surface area contributed by atoms with Gasteiger partial charge in [0.15, 0.2) is 0 Å². The quantitative estimate of drug-likeness (QED) is 0.515. The number of nitrogens with two attached hydrogens (primary N) is 1. The Morgan fingerprint density at radius 3 is 2.26 bits per heavy atom. The maximum absolute atomic E-state index is 6.24. The fourth-order valence-electron chi connectivity index (χ4n) is 2.57. The van der Waals surface area contributed by atoms with Gasteiger partial charge in [-0.2, -0.15) is 0 Å². The monoisotopic (exact) mass is 334 g/mol. The summed E-state index contributed by atoms with van der Waals surface area (Å²) in [6, 6.07) is 22.7. The second-order valence-electron chi connectivity index (χ2n) is 5.12. The fraction of sp³-hybridized carbons (Fsp3) is 0. The van der Waals surface area contributed by atoms with Gasteiger partial charge >= 0.3 is 0 Å². The highest BCUT2D eigenvalue weighted by molar-refractivity contribution is 7.19. The second kappa shape index (κ2) is 5.99. The Hall–Kier alpha value is -2.43. The third-order valence-corrected chi connectivity index (χ3v) is 5.47. The highest BCUT2D eigenvalue weighted by atomic mass is 32.1. The number of nitrogen functional groups attached to an aromatic ring is 1. The van der Waals surface area contributed by atoms with Crippen molar-refractivity contribution in [2.45, 2.75) is 0 Å². The molecule has 2 nitrogen and oxygen atoms in total. The zero-order valence-corrected chi connectivity index (χ0v) is 13.9. The maximum Gasteiger partial charge on any atom is 0.126 e. The number of aromatic nitrogens is 1. The van der Waals surface area contributed by atoms with Crippen molar-refractivity contribution in [3.63, 3.8) is 0 Å². The van der Waals surface area contributed by atoms with E-state index in [4.69, 9.17) is 10.7 Å². The van der Waals surface area contributed by atoms with Crippen molar-refractivity contribution < 1.29 is 0 Å². The van der Waals surface area contributed by atoms with Crippen molar-refractivity contribution in [3.05, 3.63) is 72.1 Å². The van der Waals surface area contributed by atoms with Gasteiger partial charge in [-0.3, -0.25) is 0 Å². The lowest BCUT2D eigenvalue weighted by molar-refractivity contribution is 1.40. The zero-order valence-electron chi connectivity index (χ0n) is 12.3. The molecular weight excluding hydrogens is 320 g/mol. The lowest BCUT2D eigenvalue weighted by atomic mass is 10.1. The van der Waals surface area contributed by atoms with Crippen LogP contribution in [0, 0.1) is 0 Å². The Morgan fingerprint density at radius 2 is 1.52 bits per heavy atom. The molecule has 0 saturated heterocycles. The minimum atomic E-state index is 0.757. The number of benzene rings is 2. The molecule has 0 aliphatic rings. The number of thiophene rings is 1. The van der Waals surface area contributed by atoms with E-state index in [0.29, 0.717) is 0 Å². The number of thiazole rings is 1. The summed E-state index contributed by atoms with van der Waals surface area (Å²) in [4.78, 5) is 6.06. The maximum atomic E-state index is 6.24. The van der Waals surface area contributed by atoms with Crippen LogP contribution in [0.1, 0.15) is 0 Å². The van der Waals surface area contributed by atoms with E-state index in [-0.39, 0.29) is 0 Å². The van der Waals surface area contributed by atoms with Gasteiger partial charge in [0.05, 0.1) is 0 Å². The van der Waals surface area contributed by atoms with Crippen molar-refractivity contribution in [3.8, 4) is 32.3 Å². The Bertz CT molecular complexity index is 925. The van der Waals surface area contributed by atoms with E-state index in [9.17, 15) is 0 Å². The summed E-state index contributed by atoms with van der Waals surface area (Å²) in [6.07, 6.45) is 0. The second-order valence-corrected chi connectivity index (χ2v) is 7.10. The van der Waals surface area contributed by atoms with Crippen molar-refractivity contribution in [1.82, 2.24) is 4.98 Å². The van der Waals surface area contributed by atoms with Gasteiger partial charge in [0, 0.05) is 21.6 Å². The summed E-state index contributed by atoms with van der Waals surface area (Å²) in [5.74, 6) is 0. The molecule has 2 aromatic heterocycles. The summed E-state index contributed by atoms with van der Waals surface area (Å²) in [5, 5.41) is 3.81. The van der Waals surface area contributed by atoms with Gasteiger partial charge in [0.1, 0.15) is 15.7 Å². The van der Waals surface area contributed by atoms with Crippen LogP contribution < -0.4 is 5.73 Å². The Morgan fingerprint density at radius 1 is 0.783 bits per heavy atom. The van der Waals surface area contributed by atoms with Crippen LogP contribution in [0.4, 0.5) is 5.00 Å². The lowest BCUT2D eigenvalue weighted by Crippen LogP contribution is -1.85. The number of hydrogen-bond acceptors (Lipinski definition) is 4. The molecule has 0 amide bonds. The Labute approximate surface area is 142 Å². The Kier molecular flexibility index (Phi) is 3.69. The SMILES string of the molecule is Nc1sc(-c2ccccc2-c2cccs2)nc1-c1ccccc1. The molecular formula is C19H14N2S2. The average Bonchev–Trinajstić information content (AvgIpc) is 3.25. The molecule has 112 valence electrons. The highest BCUT2D eigenvalue weighted by Crippen LogP contribution is 2.40. The lowest BCUT2D eigenvalue weighted by Gasteiger charge is -2.04. The first kappa shape index (κ1) is 14.2. The topological polar surface area (TPSA) is 38.9 Å². The first-order valence-electron chi connectivity index (χ1n) is 7.28. The third-order valence-electron chi connectivity index (χ3n) is 3.64. The van der Waals surface area contributed by atoms with Crippen LogP contribution in [-0.2, 0) is 0 Å². The van der Waals surface area contributed by atoms with Crippen molar-refractivity contribution in [1.29, 1.82) is 0 Å². The first-order valence-corrected chi connectivity index (χ1v) is 8.97. The van der Waals surface area contributed by atoms with Gasteiger partial charge in [-0.05, 0) is 11.4 Å². The van der Waals surface area contributed by atoms with Gasteiger partial charge in [0.25, 0.3) is 0 Å². The molecule has 0 fully saturated rings. The van der Waals surface area contributed by atoms with E-state index in [1.54, 1.807) is 22.7 Å². The smallest absolute Gasteiger partial charge is 0.126 e. The number of rotatable bonds is 3. The van der Waals surface area contributed by atoms with Gasteiger partial charge in [-0.25, -0.2) is 4.98 Å². The summed E-state index contributed by atoms with van der Waals surface area (Å²) < 4.78 is 0. The fourth-order valence-corrected chi connectivity index (χ4v) is 4.23. The molecule has 0 saturated carbocycles. The molecule has 4 heteroatoms. The molecule has 0 spiro atoms. The van der Waals surface area contributed by atoms with Gasteiger partial charge in [0.2, 0.25) is 0 Å². The summed E-state index contributed by atoms with van der Waals surface area (Å²) >= 11 is 3.28. The zero-order chi connectivity index (χ0) is 15.6. The standard InChI is InChI=1S/C19H14N2S2/c20-18-17(13-7-2-1-3-8-13)21-19(23-18)15-10-5-4-9-14(15)16-11-6-12-22-16/h1-12H,20H2. The average molecular weight is 334 g/mol. The minimum absolute atomic E-state index is 0.757. The predicted octanol–water partition coefficient (Wildman–Crippen LogP) is 5.79. The third kappa shape index (κ3) is 2.67. The van der Waals surface area contributed by atoms with Gasteiger partial charge in [-0.1, -0.05) is 72.0 Å². The first-order chi connectivity index (χ1) is 11.3. The minimum Gasteiger partial charge on any atom is -0.389 e. The molecule has 0 bridgehead atoms. The molecule has 0 atom stereocenters. The molecule has 0 aliphatic carbocycles. The van der Waals surface area contributed by atoms with Crippen LogP contribution in [-0.4, -0.2) is 4.98 Å². The van der Waals surface area contributed by atoms with Crippen LogP contribution >= 0.6 is 22.7 Å². The number of nitrogens with zero attached hydrogens (tertiary/aromatic N) is 1. The van der Waals surface area contributed by atoms with Crippen LogP contribution in [0.5, 0.6) is 0 Å². The van der Waals surface area contributed by atoms with Gasteiger partial charge in [-0.15, -0.1) is 11.3 Å². The summed E-state index contributed by atoms with van der Waals surface area (Å²) in [5.41, 5.74) is 10.5. The molecule has 0 radical (unpaired) electrons. The molecule has 23 heavy (non-hydrogen) atoms. The molecule has 2 aromatic carbocycles. The largest absolute Gasteiger partial charge is 0.389 e. The van der Waals surface area contributed by atoms with Crippen molar-refractivity contribution in [2.75, 3.05) is 5.73 Å². The Balaban J connectivity index is 1.84. The molecule has 2 heterocycles. The molecule has 0 unspecified atom stereocenters. The summed E-state index contributed by atoms with van der Waals surface area (Å²) in [7, 11) is 0. The van der Waals surface area contributed by atoms with Crippen LogP contribution in [0.25, 0.3) is 32.3 Å². The van der Waals surface area contributed by atoms with Crippen LogP contribution in [0.2, 0.25) is 0 Å².